The van der Waals surface area contributed by atoms with Crippen molar-refractivity contribution >= 4 is 17.1 Å². The molecule has 0 amide bonds. The molecule has 0 aliphatic rings. The number of nitrogens with two attached hydrogens (primary N) is 1. The standard InChI is InChI=1S/C16H29N5/c1-7-8-13-14-15(20(6)19-13)21(16(17)18-14)9-12(10(2)3)11(4)5/h10-12H,7-9H2,1-6H3,(H2,17,18). The lowest BCUT2D eigenvalue weighted by Gasteiger charge is -2.25. The maximum Gasteiger partial charge on any atom is 0.202 e. The van der Waals surface area contributed by atoms with E-state index in [4.69, 9.17) is 5.73 Å². The van der Waals surface area contributed by atoms with E-state index in [0.717, 1.165) is 36.2 Å². The first-order valence-electron chi connectivity index (χ1n) is 8.04. The van der Waals surface area contributed by atoms with Crippen molar-refractivity contribution in [3.05, 3.63) is 5.69 Å². The van der Waals surface area contributed by atoms with Crippen LogP contribution in [0.4, 0.5) is 5.95 Å². The summed E-state index contributed by atoms with van der Waals surface area (Å²) in [5.74, 6) is 2.42. The molecule has 2 heterocycles. The topological polar surface area (TPSA) is 61.7 Å². The lowest BCUT2D eigenvalue weighted by molar-refractivity contribution is 0.254. The number of imidazole rings is 1. The van der Waals surface area contributed by atoms with Gasteiger partial charge in [0.2, 0.25) is 5.95 Å². The highest BCUT2D eigenvalue weighted by Crippen LogP contribution is 2.28. The van der Waals surface area contributed by atoms with E-state index >= 15 is 0 Å². The first-order valence-corrected chi connectivity index (χ1v) is 8.04. The van der Waals surface area contributed by atoms with Crippen LogP contribution >= 0.6 is 0 Å². The number of hydrogen-bond acceptors (Lipinski definition) is 3. The summed E-state index contributed by atoms with van der Waals surface area (Å²) in [6.07, 6.45) is 2.02. The van der Waals surface area contributed by atoms with Gasteiger partial charge in [0.1, 0.15) is 5.52 Å². The summed E-state index contributed by atoms with van der Waals surface area (Å²) in [6, 6.07) is 0. The van der Waals surface area contributed by atoms with E-state index in [1.165, 1.54) is 0 Å². The largest absolute Gasteiger partial charge is 0.369 e. The van der Waals surface area contributed by atoms with Crippen LogP contribution in [-0.4, -0.2) is 19.3 Å². The van der Waals surface area contributed by atoms with E-state index in [9.17, 15) is 0 Å². The lowest BCUT2D eigenvalue weighted by Crippen LogP contribution is -2.23. The van der Waals surface area contributed by atoms with Crippen LogP contribution in [0.5, 0.6) is 0 Å². The Morgan fingerprint density at radius 1 is 1.14 bits per heavy atom. The number of aromatic nitrogens is 4. The molecular weight excluding hydrogens is 262 g/mol. The second-order valence-electron chi connectivity index (χ2n) is 6.73. The second-order valence-corrected chi connectivity index (χ2v) is 6.73. The first kappa shape index (κ1) is 15.9. The SMILES string of the molecule is CCCc1nn(C)c2c1nc(N)n2CC(C(C)C)C(C)C. The van der Waals surface area contributed by atoms with Crippen molar-refractivity contribution < 1.29 is 0 Å². The lowest BCUT2D eigenvalue weighted by atomic mass is 9.85. The Kier molecular flexibility index (Phi) is 4.59. The summed E-state index contributed by atoms with van der Waals surface area (Å²) >= 11 is 0. The van der Waals surface area contributed by atoms with Crippen LogP contribution in [0, 0.1) is 17.8 Å². The molecule has 2 aromatic heterocycles. The van der Waals surface area contributed by atoms with Crippen molar-refractivity contribution in [2.45, 2.75) is 54.0 Å². The Labute approximate surface area is 127 Å². The van der Waals surface area contributed by atoms with Crippen molar-refractivity contribution in [1.29, 1.82) is 0 Å². The summed E-state index contributed by atoms with van der Waals surface area (Å²) in [7, 11) is 1.98. The Morgan fingerprint density at radius 2 is 1.76 bits per heavy atom. The van der Waals surface area contributed by atoms with Crippen molar-refractivity contribution in [2.75, 3.05) is 5.73 Å². The molecule has 0 bridgehead atoms. The van der Waals surface area contributed by atoms with Crippen molar-refractivity contribution in [1.82, 2.24) is 19.3 Å². The summed E-state index contributed by atoms with van der Waals surface area (Å²) in [5, 5.41) is 4.62. The summed E-state index contributed by atoms with van der Waals surface area (Å²) in [6.45, 7) is 12.2. The minimum absolute atomic E-state index is 0.578. The fourth-order valence-corrected chi connectivity index (χ4v) is 3.25. The Bertz CT molecular complexity index is 598. The first-order chi connectivity index (χ1) is 9.86. The molecule has 0 unspecified atom stereocenters. The van der Waals surface area contributed by atoms with Gasteiger partial charge in [-0.3, -0.25) is 9.25 Å². The van der Waals surface area contributed by atoms with Crippen LogP contribution in [0.1, 0.15) is 46.7 Å². The van der Waals surface area contributed by atoms with Gasteiger partial charge < -0.3 is 5.73 Å². The van der Waals surface area contributed by atoms with E-state index in [2.05, 4.69) is 49.3 Å². The van der Waals surface area contributed by atoms with Gasteiger partial charge in [-0.25, -0.2) is 4.98 Å². The van der Waals surface area contributed by atoms with Gasteiger partial charge in [0.25, 0.3) is 0 Å². The monoisotopic (exact) mass is 291 g/mol. The van der Waals surface area contributed by atoms with E-state index in [0.29, 0.717) is 23.7 Å². The Hall–Kier alpha value is -1.52. The highest BCUT2D eigenvalue weighted by Gasteiger charge is 2.23. The maximum atomic E-state index is 6.19. The predicted octanol–water partition coefficient (Wildman–Crippen LogP) is 3.23. The van der Waals surface area contributed by atoms with Gasteiger partial charge in [0.05, 0.1) is 5.69 Å². The van der Waals surface area contributed by atoms with E-state index in [-0.39, 0.29) is 0 Å². The molecule has 0 aliphatic carbocycles. The molecule has 5 heteroatoms. The molecule has 0 atom stereocenters. The van der Waals surface area contributed by atoms with Crippen LogP contribution in [0.25, 0.3) is 11.2 Å². The molecular formula is C16H29N5. The van der Waals surface area contributed by atoms with Gasteiger partial charge in [0.15, 0.2) is 5.65 Å². The number of nitrogens with zero attached hydrogens (tertiary/aromatic N) is 4. The molecule has 2 N–H and O–H groups in total. The smallest absolute Gasteiger partial charge is 0.202 e. The normalized spacial score (nSPS) is 12.4. The Morgan fingerprint density at radius 3 is 2.29 bits per heavy atom. The molecule has 0 aromatic carbocycles. The summed E-state index contributed by atoms with van der Waals surface area (Å²) in [5.41, 5.74) is 9.28. The molecule has 0 spiro atoms. The highest BCUT2D eigenvalue weighted by atomic mass is 15.3. The second kappa shape index (κ2) is 6.08. The van der Waals surface area contributed by atoms with Gasteiger partial charge >= 0.3 is 0 Å². The maximum absolute atomic E-state index is 6.19. The molecule has 0 aliphatic heterocycles. The average molecular weight is 291 g/mol. The van der Waals surface area contributed by atoms with Crippen molar-refractivity contribution in [2.24, 2.45) is 24.8 Å². The van der Waals surface area contributed by atoms with Crippen LogP contribution in [0.15, 0.2) is 0 Å². The van der Waals surface area contributed by atoms with E-state index in [1.54, 1.807) is 0 Å². The molecule has 118 valence electrons. The predicted molar refractivity (Wildman–Crippen MR) is 88.1 cm³/mol. The quantitative estimate of drug-likeness (QED) is 0.888. The molecule has 5 nitrogen and oxygen atoms in total. The third-order valence-electron chi connectivity index (χ3n) is 4.41. The van der Waals surface area contributed by atoms with Crippen LogP contribution in [0.3, 0.4) is 0 Å². The third kappa shape index (κ3) is 2.92. The molecule has 0 saturated carbocycles. The van der Waals surface area contributed by atoms with Gasteiger partial charge in [-0.05, 0) is 24.2 Å². The molecule has 2 aromatic rings. The minimum atomic E-state index is 0.578. The van der Waals surface area contributed by atoms with Crippen molar-refractivity contribution in [3.8, 4) is 0 Å². The zero-order chi connectivity index (χ0) is 15.7. The zero-order valence-corrected chi connectivity index (χ0v) is 14.2. The third-order valence-corrected chi connectivity index (χ3v) is 4.41. The fraction of sp³-hybridized carbons (Fsp3) is 0.750. The van der Waals surface area contributed by atoms with Gasteiger partial charge in [-0.15, -0.1) is 0 Å². The fourth-order valence-electron chi connectivity index (χ4n) is 3.25. The number of anilines is 1. The Balaban J connectivity index is 2.46. The van der Waals surface area contributed by atoms with E-state index < -0.39 is 0 Å². The number of fused-ring (bicyclic) bond motifs is 1. The van der Waals surface area contributed by atoms with Gasteiger partial charge in [-0.2, -0.15) is 5.10 Å². The van der Waals surface area contributed by atoms with Crippen molar-refractivity contribution in [3.63, 3.8) is 0 Å². The highest BCUT2D eigenvalue weighted by molar-refractivity contribution is 5.77. The van der Waals surface area contributed by atoms with E-state index in [1.807, 2.05) is 11.7 Å². The van der Waals surface area contributed by atoms with Gasteiger partial charge in [0, 0.05) is 13.6 Å². The molecule has 2 rings (SSSR count). The minimum Gasteiger partial charge on any atom is -0.369 e. The summed E-state index contributed by atoms with van der Waals surface area (Å²) < 4.78 is 4.08. The number of hydrogen-bond donors (Lipinski definition) is 1. The van der Waals surface area contributed by atoms with Crippen LogP contribution in [-0.2, 0) is 20.0 Å². The molecule has 0 fully saturated rings. The molecule has 0 radical (unpaired) electrons. The number of rotatable bonds is 6. The zero-order valence-electron chi connectivity index (χ0n) is 14.2. The number of aryl methyl sites for hydroxylation is 2. The number of nitrogen functional groups attached to an aromatic ring is 1. The molecule has 21 heavy (non-hydrogen) atoms. The van der Waals surface area contributed by atoms with Crippen LogP contribution < -0.4 is 5.73 Å². The van der Waals surface area contributed by atoms with Crippen LogP contribution in [0.2, 0.25) is 0 Å². The van der Waals surface area contributed by atoms with Gasteiger partial charge in [-0.1, -0.05) is 41.0 Å². The summed E-state index contributed by atoms with van der Waals surface area (Å²) in [4.78, 5) is 4.58. The average Bonchev–Trinajstić information content (AvgIpc) is 2.85. The molecule has 0 saturated heterocycles.